The molecule has 0 radical (unpaired) electrons. The predicted molar refractivity (Wildman–Crippen MR) is 91.2 cm³/mol. The second-order valence-corrected chi connectivity index (χ2v) is 6.93. The maximum Gasteiger partial charge on any atom is 0.0642 e. The molecule has 0 atom stereocenters. The van der Waals surface area contributed by atoms with E-state index in [0.717, 1.165) is 24.2 Å². The molecule has 2 nitrogen and oxygen atoms in total. The van der Waals surface area contributed by atoms with Crippen LogP contribution in [0.5, 0.6) is 0 Å². The Morgan fingerprint density at radius 2 is 1.90 bits per heavy atom. The molecule has 1 aromatic rings. The van der Waals surface area contributed by atoms with Gasteiger partial charge in [0.05, 0.1) is 10.7 Å². The molecule has 21 heavy (non-hydrogen) atoms. The third-order valence-electron chi connectivity index (χ3n) is 4.85. The molecule has 116 valence electrons. The third-order valence-corrected chi connectivity index (χ3v) is 5.15. The monoisotopic (exact) mass is 306 g/mol. The molecular weight excluding hydrogens is 280 g/mol. The molecule has 1 aromatic carbocycles. The molecule has 0 bridgehead atoms. The number of nitrogens with zero attached hydrogens (tertiary/aromatic N) is 1. The molecule has 2 aliphatic carbocycles. The van der Waals surface area contributed by atoms with E-state index in [4.69, 9.17) is 11.6 Å². The number of rotatable bonds is 6. The summed E-state index contributed by atoms with van der Waals surface area (Å²) in [6.07, 6.45) is 9.41. The maximum atomic E-state index is 6.58. The lowest BCUT2D eigenvalue weighted by Gasteiger charge is -2.36. The van der Waals surface area contributed by atoms with Crippen molar-refractivity contribution < 1.29 is 0 Å². The van der Waals surface area contributed by atoms with Gasteiger partial charge in [-0.3, -0.25) is 0 Å². The Bertz CT molecular complexity index is 464. The summed E-state index contributed by atoms with van der Waals surface area (Å²) < 4.78 is 0. The summed E-state index contributed by atoms with van der Waals surface area (Å²) in [4.78, 5) is 2.51. The molecule has 1 N–H and O–H groups in total. The van der Waals surface area contributed by atoms with Crippen molar-refractivity contribution >= 4 is 17.3 Å². The Hall–Kier alpha value is -0.730. The predicted octanol–water partition coefficient (Wildman–Crippen LogP) is 4.75. The second-order valence-electron chi connectivity index (χ2n) is 6.52. The molecule has 2 saturated carbocycles. The smallest absolute Gasteiger partial charge is 0.0642 e. The Morgan fingerprint density at radius 3 is 2.52 bits per heavy atom. The number of anilines is 1. The molecular formula is C18H27ClN2. The van der Waals surface area contributed by atoms with Crippen LogP contribution in [0, 0.1) is 0 Å². The highest BCUT2D eigenvalue weighted by atomic mass is 35.5. The molecule has 3 heteroatoms. The molecule has 0 amide bonds. The summed E-state index contributed by atoms with van der Waals surface area (Å²) in [6, 6.07) is 8.04. The van der Waals surface area contributed by atoms with Gasteiger partial charge in [-0.05, 0) is 50.3 Å². The second kappa shape index (κ2) is 7.02. The van der Waals surface area contributed by atoms with Gasteiger partial charge in [0.25, 0.3) is 0 Å². The average Bonchev–Trinajstić information content (AvgIpc) is 3.33. The van der Waals surface area contributed by atoms with Gasteiger partial charge in [-0.25, -0.2) is 0 Å². The molecule has 0 heterocycles. The first-order chi connectivity index (χ1) is 10.3. The van der Waals surface area contributed by atoms with Gasteiger partial charge < -0.3 is 10.2 Å². The van der Waals surface area contributed by atoms with Crippen LogP contribution in [0.1, 0.15) is 57.4 Å². The standard InChI is InChI=1S/C18H27ClN2/c1-2-21(16-6-4-3-5-7-16)18-11-8-14(12-17(18)19)13-20-15-9-10-15/h8,11-12,15-16,20H,2-7,9-10,13H2,1H3. The average molecular weight is 307 g/mol. The van der Waals surface area contributed by atoms with Gasteiger partial charge in [-0.15, -0.1) is 0 Å². The normalized spacial score (nSPS) is 19.7. The van der Waals surface area contributed by atoms with Gasteiger partial charge in [0.15, 0.2) is 0 Å². The fourth-order valence-electron chi connectivity index (χ4n) is 3.46. The summed E-state index contributed by atoms with van der Waals surface area (Å²) in [6.45, 7) is 4.23. The van der Waals surface area contributed by atoms with Crippen LogP contribution >= 0.6 is 11.6 Å². The molecule has 0 aromatic heterocycles. The van der Waals surface area contributed by atoms with Crippen molar-refractivity contribution in [1.82, 2.24) is 5.32 Å². The molecule has 0 aliphatic heterocycles. The summed E-state index contributed by atoms with van der Waals surface area (Å²) >= 11 is 6.58. The van der Waals surface area contributed by atoms with E-state index in [1.54, 1.807) is 0 Å². The van der Waals surface area contributed by atoms with Crippen LogP contribution in [0.4, 0.5) is 5.69 Å². The van der Waals surface area contributed by atoms with E-state index >= 15 is 0 Å². The number of benzene rings is 1. The zero-order valence-electron chi connectivity index (χ0n) is 13.1. The van der Waals surface area contributed by atoms with Crippen LogP contribution in [0.2, 0.25) is 5.02 Å². The van der Waals surface area contributed by atoms with Gasteiger partial charge in [0, 0.05) is 25.2 Å². The third kappa shape index (κ3) is 3.92. The quantitative estimate of drug-likeness (QED) is 0.816. The van der Waals surface area contributed by atoms with E-state index in [1.807, 2.05) is 0 Å². The molecule has 2 aliphatic rings. The minimum atomic E-state index is 0.677. The molecule has 3 rings (SSSR count). The van der Waals surface area contributed by atoms with Crippen molar-refractivity contribution in [3.8, 4) is 0 Å². The molecule has 0 spiro atoms. The Kier molecular flexibility index (Phi) is 5.07. The molecule has 2 fully saturated rings. The SMILES string of the molecule is CCN(c1ccc(CNC2CC2)cc1Cl)C1CCCCC1. The summed E-state index contributed by atoms with van der Waals surface area (Å²) in [7, 11) is 0. The van der Waals surface area contributed by atoms with Crippen LogP contribution in [0.15, 0.2) is 18.2 Å². The minimum absolute atomic E-state index is 0.677. The van der Waals surface area contributed by atoms with Crippen molar-refractivity contribution in [1.29, 1.82) is 0 Å². The highest BCUT2D eigenvalue weighted by Crippen LogP contribution is 2.33. The lowest BCUT2D eigenvalue weighted by molar-refractivity contribution is 0.418. The summed E-state index contributed by atoms with van der Waals surface area (Å²) in [5.41, 5.74) is 2.52. The van der Waals surface area contributed by atoms with E-state index in [0.29, 0.717) is 6.04 Å². The maximum absolute atomic E-state index is 6.58. The van der Waals surface area contributed by atoms with Crippen molar-refractivity contribution in [2.45, 2.75) is 70.5 Å². The number of hydrogen-bond acceptors (Lipinski definition) is 2. The Labute approximate surface area is 133 Å². The van der Waals surface area contributed by atoms with Gasteiger partial charge in [-0.2, -0.15) is 0 Å². The molecule has 0 saturated heterocycles. The molecule has 0 unspecified atom stereocenters. The Balaban J connectivity index is 1.69. The minimum Gasteiger partial charge on any atom is -0.368 e. The first-order valence-corrected chi connectivity index (χ1v) is 8.94. The zero-order valence-corrected chi connectivity index (χ0v) is 13.8. The fraction of sp³-hybridized carbons (Fsp3) is 0.667. The van der Waals surface area contributed by atoms with Gasteiger partial charge in [-0.1, -0.05) is 36.9 Å². The summed E-state index contributed by atoms with van der Waals surface area (Å²) in [5, 5.41) is 4.47. The number of halogens is 1. The zero-order chi connectivity index (χ0) is 14.7. The summed E-state index contributed by atoms with van der Waals surface area (Å²) in [5.74, 6) is 0. The Morgan fingerprint density at radius 1 is 1.14 bits per heavy atom. The highest BCUT2D eigenvalue weighted by molar-refractivity contribution is 6.33. The van der Waals surface area contributed by atoms with Crippen LogP contribution in [-0.4, -0.2) is 18.6 Å². The van der Waals surface area contributed by atoms with Crippen LogP contribution in [0.3, 0.4) is 0 Å². The first-order valence-electron chi connectivity index (χ1n) is 8.56. The van der Waals surface area contributed by atoms with Crippen molar-refractivity contribution in [3.05, 3.63) is 28.8 Å². The van der Waals surface area contributed by atoms with E-state index in [-0.39, 0.29) is 0 Å². The van der Waals surface area contributed by atoms with Crippen molar-refractivity contribution in [2.75, 3.05) is 11.4 Å². The van der Waals surface area contributed by atoms with E-state index in [9.17, 15) is 0 Å². The van der Waals surface area contributed by atoms with Crippen molar-refractivity contribution in [2.24, 2.45) is 0 Å². The van der Waals surface area contributed by atoms with E-state index in [1.165, 1.54) is 56.2 Å². The van der Waals surface area contributed by atoms with Gasteiger partial charge >= 0.3 is 0 Å². The van der Waals surface area contributed by atoms with Gasteiger partial charge in [0.1, 0.15) is 0 Å². The topological polar surface area (TPSA) is 15.3 Å². The largest absolute Gasteiger partial charge is 0.368 e. The first kappa shape index (κ1) is 15.2. The van der Waals surface area contributed by atoms with Crippen LogP contribution in [0.25, 0.3) is 0 Å². The number of nitrogens with one attached hydrogen (secondary N) is 1. The van der Waals surface area contributed by atoms with Gasteiger partial charge in [0.2, 0.25) is 0 Å². The number of hydrogen-bond donors (Lipinski definition) is 1. The van der Waals surface area contributed by atoms with Crippen molar-refractivity contribution in [3.63, 3.8) is 0 Å². The van der Waals surface area contributed by atoms with Crippen LogP contribution in [-0.2, 0) is 6.54 Å². The van der Waals surface area contributed by atoms with E-state index in [2.05, 4.69) is 35.3 Å². The highest BCUT2D eigenvalue weighted by Gasteiger charge is 2.22. The van der Waals surface area contributed by atoms with Crippen LogP contribution < -0.4 is 10.2 Å². The lowest BCUT2D eigenvalue weighted by atomic mass is 9.93. The lowest BCUT2D eigenvalue weighted by Crippen LogP contribution is -2.36. The fourth-order valence-corrected chi connectivity index (χ4v) is 3.77. The van der Waals surface area contributed by atoms with E-state index < -0.39 is 0 Å².